The van der Waals surface area contributed by atoms with Crippen molar-refractivity contribution < 1.29 is 0 Å². The van der Waals surface area contributed by atoms with Gasteiger partial charge in [0.15, 0.2) is 0 Å². The van der Waals surface area contributed by atoms with Crippen LogP contribution in [0.5, 0.6) is 0 Å². The largest absolute Gasteiger partial charge is 0.317 e. The Morgan fingerprint density at radius 2 is 1.57 bits per heavy atom. The van der Waals surface area contributed by atoms with E-state index >= 15 is 0 Å². The highest BCUT2D eigenvalue weighted by molar-refractivity contribution is 4.63. The molecule has 0 amide bonds. The molecule has 2 aliphatic rings. The van der Waals surface area contributed by atoms with Gasteiger partial charge in [-0.25, -0.2) is 0 Å². The number of nitrogens with zero attached hydrogens (tertiary/aromatic N) is 1. The van der Waals surface area contributed by atoms with Crippen LogP contribution >= 0.6 is 0 Å². The first-order valence-corrected chi connectivity index (χ1v) is 6.18. The second-order valence-corrected chi connectivity index (χ2v) is 4.80. The number of hydrogen-bond acceptors (Lipinski definition) is 2. The van der Waals surface area contributed by atoms with E-state index in [1.807, 2.05) is 0 Å². The SMILES string of the molecule is CC1CCNCC1.CN1CCCCC1. The molecule has 0 aromatic carbocycles. The first-order valence-electron chi connectivity index (χ1n) is 6.18. The Labute approximate surface area is 89.1 Å². The molecule has 14 heavy (non-hydrogen) atoms. The molecular formula is C12H26N2. The Morgan fingerprint density at radius 3 is 1.86 bits per heavy atom. The summed E-state index contributed by atoms with van der Waals surface area (Å²) in [7, 11) is 2.19. The van der Waals surface area contributed by atoms with Gasteiger partial charge in [-0.05, 0) is 64.8 Å². The summed E-state index contributed by atoms with van der Waals surface area (Å²) in [5, 5.41) is 3.32. The van der Waals surface area contributed by atoms with Gasteiger partial charge in [-0.15, -0.1) is 0 Å². The van der Waals surface area contributed by atoms with E-state index in [9.17, 15) is 0 Å². The Balaban J connectivity index is 0.000000140. The molecule has 2 saturated heterocycles. The molecule has 2 aliphatic heterocycles. The lowest BCUT2D eigenvalue weighted by Crippen LogP contribution is -2.26. The van der Waals surface area contributed by atoms with Gasteiger partial charge in [-0.1, -0.05) is 13.3 Å². The highest BCUT2D eigenvalue weighted by atomic mass is 15.1. The Hall–Kier alpha value is -0.0800. The molecule has 2 rings (SSSR count). The van der Waals surface area contributed by atoms with Gasteiger partial charge in [0, 0.05) is 0 Å². The van der Waals surface area contributed by atoms with Crippen LogP contribution in [0.25, 0.3) is 0 Å². The molecule has 2 fully saturated rings. The van der Waals surface area contributed by atoms with Crippen LogP contribution in [0.3, 0.4) is 0 Å². The lowest BCUT2D eigenvalue weighted by molar-refractivity contribution is 0.277. The van der Waals surface area contributed by atoms with Gasteiger partial charge in [0.25, 0.3) is 0 Å². The van der Waals surface area contributed by atoms with Gasteiger partial charge in [0.1, 0.15) is 0 Å². The minimum atomic E-state index is 0.973. The van der Waals surface area contributed by atoms with Gasteiger partial charge in [-0.3, -0.25) is 0 Å². The van der Waals surface area contributed by atoms with Crippen molar-refractivity contribution >= 4 is 0 Å². The average Bonchev–Trinajstić information content (AvgIpc) is 2.21. The van der Waals surface area contributed by atoms with Crippen molar-refractivity contribution in [1.29, 1.82) is 0 Å². The molecular weight excluding hydrogens is 172 g/mol. The molecule has 0 saturated carbocycles. The quantitative estimate of drug-likeness (QED) is 0.641. The van der Waals surface area contributed by atoms with Crippen LogP contribution in [0, 0.1) is 5.92 Å². The molecule has 84 valence electrons. The second-order valence-electron chi connectivity index (χ2n) is 4.80. The summed E-state index contributed by atoms with van der Waals surface area (Å²) in [6.07, 6.45) is 7.03. The molecule has 1 N–H and O–H groups in total. The van der Waals surface area contributed by atoms with Gasteiger partial charge in [-0.2, -0.15) is 0 Å². The summed E-state index contributed by atoms with van der Waals surface area (Å²) >= 11 is 0. The van der Waals surface area contributed by atoms with Crippen LogP contribution in [0.4, 0.5) is 0 Å². The predicted octanol–water partition coefficient (Wildman–Crippen LogP) is 2.11. The van der Waals surface area contributed by atoms with Crippen molar-refractivity contribution in [1.82, 2.24) is 10.2 Å². The van der Waals surface area contributed by atoms with Crippen molar-refractivity contribution in [3.63, 3.8) is 0 Å². The van der Waals surface area contributed by atoms with Crippen molar-refractivity contribution in [3.05, 3.63) is 0 Å². The fourth-order valence-corrected chi connectivity index (χ4v) is 2.02. The molecule has 0 atom stereocenters. The van der Waals surface area contributed by atoms with E-state index in [0.29, 0.717) is 0 Å². The summed E-state index contributed by atoms with van der Waals surface area (Å²) in [6.45, 7) is 7.43. The fourth-order valence-electron chi connectivity index (χ4n) is 2.02. The van der Waals surface area contributed by atoms with Crippen LogP contribution in [0.2, 0.25) is 0 Å². The van der Waals surface area contributed by atoms with E-state index in [4.69, 9.17) is 0 Å². The Bertz CT molecular complexity index is 108. The lowest BCUT2D eigenvalue weighted by Gasteiger charge is -2.20. The van der Waals surface area contributed by atoms with Crippen molar-refractivity contribution in [3.8, 4) is 0 Å². The molecule has 0 unspecified atom stereocenters. The maximum atomic E-state index is 3.32. The first kappa shape index (κ1) is 12.0. The smallest absolute Gasteiger partial charge is 0.00218 e. The van der Waals surface area contributed by atoms with Gasteiger partial charge < -0.3 is 10.2 Å². The summed E-state index contributed by atoms with van der Waals surface area (Å²) in [4.78, 5) is 2.39. The number of likely N-dealkylation sites (tertiary alicyclic amines) is 1. The maximum absolute atomic E-state index is 3.32. The van der Waals surface area contributed by atoms with Crippen LogP contribution in [-0.4, -0.2) is 38.1 Å². The average molecular weight is 198 g/mol. The van der Waals surface area contributed by atoms with Crippen LogP contribution in [-0.2, 0) is 0 Å². The zero-order chi connectivity index (χ0) is 10.2. The Kier molecular flexibility index (Phi) is 6.20. The van der Waals surface area contributed by atoms with E-state index in [1.165, 1.54) is 58.3 Å². The molecule has 2 nitrogen and oxygen atoms in total. The van der Waals surface area contributed by atoms with Crippen LogP contribution < -0.4 is 5.32 Å². The van der Waals surface area contributed by atoms with Crippen molar-refractivity contribution in [2.24, 2.45) is 5.92 Å². The van der Waals surface area contributed by atoms with E-state index in [2.05, 4.69) is 24.2 Å². The predicted molar refractivity (Wildman–Crippen MR) is 62.6 cm³/mol. The van der Waals surface area contributed by atoms with Gasteiger partial charge in [0.05, 0.1) is 0 Å². The molecule has 0 aromatic rings. The monoisotopic (exact) mass is 198 g/mol. The number of nitrogens with one attached hydrogen (secondary N) is 1. The minimum Gasteiger partial charge on any atom is -0.317 e. The standard InChI is InChI=1S/2C6H13N/c1-6-2-4-7-5-3-6;1-7-5-3-2-4-6-7/h6-7H,2-5H2,1H3;2-6H2,1H3. The normalized spacial score (nSPS) is 25.3. The number of hydrogen-bond donors (Lipinski definition) is 1. The van der Waals surface area contributed by atoms with E-state index in [0.717, 1.165) is 5.92 Å². The van der Waals surface area contributed by atoms with E-state index in [1.54, 1.807) is 0 Å². The molecule has 0 aliphatic carbocycles. The molecule has 0 bridgehead atoms. The summed E-state index contributed by atoms with van der Waals surface area (Å²) in [6, 6.07) is 0. The first-order chi connectivity index (χ1) is 6.79. The molecule has 2 heteroatoms. The zero-order valence-electron chi connectivity index (χ0n) is 9.89. The Morgan fingerprint density at radius 1 is 1.00 bits per heavy atom. The maximum Gasteiger partial charge on any atom is -0.00218 e. The van der Waals surface area contributed by atoms with Crippen molar-refractivity contribution in [2.45, 2.75) is 39.0 Å². The van der Waals surface area contributed by atoms with E-state index < -0.39 is 0 Å². The summed E-state index contributed by atoms with van der Waals surface area (Å²) < 4.78 is 0. The third kappa shape index (κ3) is 5.61. The lowest BCUT2D eigenvalue weighted by atomic mass is 10.0. The fraction of sp³-hybridized carbons (Fsp3) is 1.00. The zero-order valence-corrected chi connectivity index (χ0v) is 9.89. The second kappa shape index (κ2) is 7.24. The molecule has 0 radical (unpaired) electrons. The molecule has 0 aromatic heterocycles. The molecule has 0 spiro atoms. The number of rotatable bonds is 0. The molecule has 2 heterocycles. The van der Waals surface area contributed by atoms with Gasteiger partial charge >= 0.3 is 0 Å². The summed E-state index contributed by atoms with van der Waals surface area (Å²) in [5.74, 6) is 0.973. The van der Waals surface area contributed by atoms with E-state index in [-0.39, 0.29) is 0 Å². The van der Waals surface area contributed by atoms with Gasteiger partial charge in [0.2, 0.25) is 0 Å². The topological polar surface area (TPSA) is 15.3 Å². The minimum absolute atomic E-state index is 0.973. The summed E-state index contributed by atoms with van der Waals surface area (Å²) in [5.41, 5.74) is 0. The number of piperidine rings is 2. The third-order valence-corrected chi connectivity index (χ3v) is 3.21. The highest BCUT2D eigenvalue weighted by Gasteiger charge is 2.05. The van der Waals surface area contributed by atoms with Crippen LogP contribution in [0.1, 0.15) is 39.0 Å². The van der Waals surface area contributed by atoms with Crippen molar-refractivity contribution in [2.75, 3.05) is 33.2 Å². The van der Waals surface area contributed by atoms with Crippen LogP contribution in [0.15, 0.2) is 0 Å². The third-order valence-electron chi connectivity index (χ3n) is 3.21. The highest BCUT2D eigenvalue weighted by Crippen LogP contribution is 2.08.